The summed E-state index contributed by atoms with van der Waals surface area (Å²) in [4.78, 5) is 17.4. The van der Waals surface area contributed by atoms with Crippen molar-refractivity contribution in [2.24, 2.45) is 0 Å². The highest BCUT2D eigenvalue weighted by atomic mass is 35.5. The fourth-order valence-corrected chi connectivity index (χ4v) is 5.02. The summed E-state index contributed by atoms with van der Waals surface area (Å²) in [6.07, 6.45) is -13.2. The molecule has 7 nitrogen and oxygen atoms in total. The third-order valence-electron chi connectivity index (χ3n) is 6.22. The summed E-state index contributed by atoms with van der Waals surface area (Å²) in [5.74, 6) is -2.73. The van der Waals surface area contributed by atoms with Crippen molar-refractivity contribution in [1.82, 2.24) is 4.98 Å². The van der Waals surface area contributed by atoms with Crippen LogP contribution in [0.5, 0.6) is 5.75 Å². The molecule has 2 fully saturated rings. The topological polar surface area (TPSA) is 78.9 Å². The van der Waals surface area contributed by atoms with Crippen LogP contribution in [-0.4, -0.2) is 48.0 Å². The number of alkyl halides is 6. The maximum absolute atomic E-state index is 14.7. The molecule has 0 saturated carbocycles. The Hall–Kier alpha value is -2.61. The maximum Gasteiger partial charge on any atom is 0.573 e. The maximum atomic E-state index is 14.7. The number of carbonyl (C=O) groups is 1. The molecule has 2 aliphatic heterocycles. The first-order valence-electron chi connectivity index (χ1n) is 11.4. The minimum Gasteiger partial charge on any atom is -0.406 e. The predicted molar refractivity (Wildman–Crippen MR) is 122 cm³/mol. The number of carbonyl (C=O) groups excluding carboxylic acids is 1. The number of anilines is 1. The second-order valence-corrected chi connectivity index (χ2v) is 9.87. The molecule has 0 unspecified atom stereocenters. The van der Waals surface area contributed by atoms with E-state index in [1.807, 2.05) is 0 Å². The first-order chi connectivity index (χ1) is 17.5. The van der Waals surface area contributed by atoms with Crippen molar-refractivity contribution in [3.8, 4) is 5.75 Å². The molecule has 2 saturated heterocycles. The zero-order valence-electron chi connectivity index (χ0n) is 20.2. The van der Waals surface area contributed by atoms with E-state index in [1.54, 1.807) is 13.8 Å². The predicted octanol–water partition coefficient (Wildman–Crippen LogP) is 6.07. The normalized spacial score (nSPS) is 27.4. The number of amides is 1. The van der Waals surface area contributed by atoms with Gasteiger partial charge in [0.1, 0.15) is 17.3 Å². The molecule has 4 rings (SSSR count). The molecule has 4 atom stereocenters. The first kappa shape index (κ1) is 28.4. The number of nitrogens with zero attached hydrogens (tertiary/aromatic N) is 1. The van der Waals surface area contributed by atoms with Gasteiger partial charge < -0.3 is 24.3 Å². The smallest absolute Gasteiger partial charge is 0.406 e. The summed E-state index contributed by atoms with van der Waals surface area (Å²) in [5, 5.41) is 1.72. The Bertz CT molecular complexity index is 1190. The molecule has 0 spiro atoms. The first-order valence-corrected chi connectivity index (χ1v) is 11.7. The van der Waals surface area contributed by atoms with E-state index in [0.717, 1.165) is 6.07 Å². The van der Waals surface area contributed by atoms with Gasteiger partial charge in [-0.2, -0.15) is 13.2 Å². The van der Waals surface area contributed by atoms with Crippen molar-refractivity contribution in [1.29, 1.82) is 0 Å². The Morgan fingerprint density at radius 3 is 2.39 bits per heavy atom. The quantitative estimate of drug-likeness (QED) is 0.441. The number of rotatable bonds is 5. The van der Waals surface area contributed by atoms with Crippen molar-refractivity contribution in [2.45, 2.75) is 69.2 Å². The zero-order chi connectivity index (χ0) is 28.1. The van der Waals surface area contributed by atoms with Crippen LogP contribution in [0.2, 0.25) is 5.02 Å². The molecule has 0 bridgehead atoms. The van der Waals surface area contributed by atoms with E-state index >= 15 is 0 Å². The van der Waals surface area contributed by atoms with Gasteiger partial charge in [0.25, 0.3) is 5.91 Å². The molecule has 3 heterocycles. The SMILES string of the molecule is C[C@H]1C[C@](c2ccc(OC(F)(F)F)cc2Cl)(C(F)(F)F)[C@@H](C(=O)Nc2ccc([C@@H]3COC(C)(C)O3)nc2)O1. The summed E-state index contributed by atoms with van der Waals surface area (Å²) in [7, 11) is 0. The van der Waals surface area contributed by atoms with Crippen LogP contribution in [0.25, 0.3) is 0 Å². The summed E-state index contributed by atoms with van der Waals surface area (Å²) in [6.45, 7) is 5.08. The number of nitrogens with one attached hydrogen (secondary N) is 1. The Morgan fingerprint density at radius 1 is 1.16 bits per heavy atom. The third kappa shape index (κ3) is 5.70. The summed E-state index contributed by atoms with van der Waals surface area (Å²) in [6, 6.07) is 5.07. The molecular formula is C24H23ClF6N2O5. The van der Waals surface area contributed by atoms with Gasteiger partial charge in [-0.1, -0.05) is 17.7 Å². The van der Waals surface area contributed by atoms with Crippen molar-refractivity contribution in [3.63, 3.8) is 0 Å². The van der Waals surface area contributed by atoms with Gasteiger partial charge in [-0.15, -0.1) is 13.2 Å². The molecule has 38 heavy (non-hydrogen) atoms. The van der Waals surface area contributed by atoms with E-state index in [-0.39, 0.29) is 12.3 Å². The molecule has 1 N–H and O–H groups in total. The van der Waals surface area contributed by atoms with E-state index in [4.69, 9.17) is 25.8 Å². The number of halogens is 7. The molecular weight excluding hydrogens is 546 g/mol. The second kappa shape index (κ2) is 9.85. The average molecular weight is 569 g/mol. The van der Waals surface area contributed by atoms with Crippen LogP contribution in [-0.2, 0) is 24.4 Å². The van der Waals surface area contributed by atoms with E-state index in [0.29, 0.717) is 17.8 Å². The van der Waals surface area contributed by atoms with E-state index in [1.165, 1.54) is 25.3 Å². The van der Waals surface area contributed by atoms with Crippen LogP contribution in [0, 0.1) is 0 Å². The van der Waals surface area contributed by atoms with Gasteiger partial charge in [0, 0.05) is 5.02 Å². The molecule has 0 aliphatic carbocycles. The van der Waals surface area contributed by atoms with E-state index in [9.17, 15) is 31.1 Å². The summed E-state index contributed by atoms with van der Waals surface area (Å²) in [5.41, 5.74) is -2.97. The van der Waals surface area contributed by atoms with E-state index in [2.05, 4.69) is 15.0 Å². The largest absolute Gasteiger partial charge is 0.573 e. The summed E-state index contributed by atoms with van der Waals surface area (Å²) < 4.78 is 102. The van der Waals surface area contributed by atoms with Gasteiger partial charge in [0.2, 0.25) is 0 Å². The minimum absolute atomic E-state index is 0.0937. The van der Waals surface area contributed by atoms with Crippen LogP contribution in [0.1, 0.15) is 44.6 Å². The van der Waals surface area contributed by atoms with Crippen LogP contribution >= 0.6 is 11.6 Å². The molecule has 2 aliphatic rings. The van der Waals surface area contributed by atoms with Gasteiger partial charge in [-0.25, -0.2) is 0 Å². The van der Waals surface area contributed by atoms with Crippen LogP contribution < -0.4 is 10.1 Å². The highest BCUT2D eigenvalue weighted by Gasteiger charge is 2.67. The number of pyridine rings is 1. The molecule has 208 valence electrons. The number of benzene rings is 1. The van der Waals surface area contributed by atoms with Gasteiger partial charge >= 0.3 is 12.5 Å². The molecule has 1 aromatic heterocycles. The lowest BCUT2D eigenvalue weighted by molar-refractivity contribution is -0.274. The zero-order valence-corrected chi connectivity index (χ0v) is 21.0. The second-order valence-electron chi connectivity index (χ2n) is 9.47. The lowest BCUT2D eigenvalue weighted by Crippen LogP contribution is -2.53. The summed E-state index contributed by atoms with van der Waals surface area (Å²) >= 11 is 6.04. The lowest BCUT2D eigenvalue weighted by Gasteiger charge is -2.36. The average Bonchev–Trinajstić information content (AvgIpc) is 3.33. The van der Waals surface area contributed by atoms with Crippen molar-refractivity contribution >= 4 is 23.2 Å². The fraction of sp³-hybridized carbons (Fsp3) is 0.500. The van der Waals surface area contributed by atoms with Crippen LogP contribution in [0.4, 0.5) is 32.0 Å². The Kier molecular flexibility index (Phi) is 7.36. The van der Waals surface area contributed by atoms with Gasteiger partial charge in [0.05, 0.1) is 30.3 Å². The third-order valence-corrected chi connectivity index (χ3v) is 6.53. The van der Waals surface area contributed by atoms with Gasteiger partial charge in [-0.3, -0.25) is 9.78 Å². The number of aromatic nitrogens is 1. The molecule has 0 radical (unpaired) electrons. The highest BCUT2D eigenvalue weighted by Crippen LogP contribution is 2.54. The molecule has 14 heteroatoms. The van der Waals surface area contributed by atoms with Crippen LogP contribution in [0.15, 0.2) is 36.5 Å². The number of hydrogen-bond acceptors (Lipinski definition) is 6. The lowest BCUT2D eigenvalue weighted by atomic mass is 9.72. The van der Waals surface area contributed by atoms with Crippen molar-refractivity contribution in [3.05, 3.63) is 52.8 Å². The van der Waals surface area contributed by atoms with Crippen molar-refractivity contribution in [2.75, 3.05) is 11.9 Å². The monoisotopic (exact) mass is 568 g/mol. The minimum atomic E-state index is -5.07. The van der Waals surface area contributed by atoms with Gasteiger partial charge in [0.15, 0.2) is 11.9 Å². The molecule has 1 aromatic carbocycles. The Balaban J connectivity index is 1.61. The molecule has 2 aromatic rings. The standard InChI is InChI=1S/C24H23ClF6N2O5/c1-12-9-22(23(26,27)28,15-6-5-14(8-16(15)25)37-24(29,30)31)19(36-12)20(34)33-13-4-7-17(32-10-13)18-11-35-21(2,3)38-18/h4-8,10,12,18-19H,9,11H2,1-3H3,(H,33,34)/t12-,18-,19+,22+/m0/s1. The molecule has 1 amide bonds. The number of ether oxygens (including phenoxy) is 4. The van der Waals surface area contributed by atoms with Crippen molar-refractivity contribution < 1.29 is 50.1 Å². The van der Waals surface area contributed by atoms with Crippen LogP contribution in [0.3, 0.4) is 0 Å². The Labute approximate surface area is 218 Å². The van der Waals surface area contributed by atoms with E-state index < -0.39 is 70.7 Å². The highest BCUT2D eigenvalue weighted by molar-refractivity contribution is 6.31. The van der Waals surface area contributed by atoms with Gasteiger partial charge in [-0.05, 0) is 57.0 Å². The Morgan fingerprint density at radius 2 is 1.87 bits per heavy atom. The fourth-order valence-electron chi connectivity index (χ4n) is 4.68. The number of hydrogen-bond donors (Lipinski definition) is 1.